The summed E-state index contributed by atoms with van der Waals surface area (Å²) >= 11 is 5.73. The number of rotatable bonds is 5. The minimum absolute atomic E-state index is 0.0816. The molecule has 0 aliphatic carbocycles. The second kappa shape index (κ2) is 6.26. The van der Waals surface area contributed by atoms with Gasteiger partial charge in [-0.3, -0.25) is 0 Å². The Kier molecular flexibility index (Phi) is 5.28. The summed E-state index contributed by atoms with van der Waals surface area (Å²) in [6.07, 6.45) is -3.81. The van der Waals surface area contributed by atoms with Crippen LogP contribution < -0.4 is 5.73 Å². The zero-order valence-corrected chi connectivity index (χ0v) is 10.1. The number of halogens is 4. The van der Waals surface area contributed by atoms with E-state index >= 15 is 0 Å². The second-order valence-electron chi connectivity index (χ2n) is 4.10. The highest BCUT2D eigenvalue weighted by Crippen LogP contribution is 2.23. The van der Waals surface area contributed by atoms with Crippen LogP contribution in [0.3, 0.4) is 0 Å². The van der Waals surface area contributed by atoms with Crippen LogP contribution in [0.15, 0.2) is 24.3 Å². The molecule has 96 valence electrons. The van der Waals surface area contributed by atoms with Crippen molar-refractivity contribution in [1.82, 2.24) is 0 Å². The maximum atomic E-state index is 11.9. The van der Waals surface area contributed by atoms with Gasteiger partial charge in [-0.25, -0.2) is 0 Å². The van der Waals surface area contributed by atoms with E-state index in [2.05, 4.69) is 0 Å². The molecular formula is C12H15ClF3N. The van der Waals surface area contributed by atoms with Crippen molar-refractivity contribution in [3.8, 4) is 0 Å². The van der Waals surface area contributed by atoms with Crippen LogP contribution >= 0.6 is 11.6 Å². The Labute approximate surface area is 104 Å². The first-order chi connectivity index (χ1) is 7.87. The van der Waals surface area contributed by atoms with Crippen molar-refractivity contribution in [2.75, 3.05) is 0 Å². The normalized spacial score (nSPS) is 13.7. The van der Waals surface area contributed by atoms with E-state index in [-0.39, 0.29) is 12.5 Å². The molecule has 0 aromatic heterocycles. The highest BCUT2D eigenvalue weighted by Gasteiger charge is 2.26. The van der Waals surface area contributed by atoms with Crippen LogP contribution in [0, 0.1) is 0 Å². The Hall–Kier alpha value is -0.740. The lowest BCUT2D eigenvalue weighted by Crippen LogP contribution is -2.23. The van der Waals surface area contributed by atoms with Gasteiger partial charge in [0.25, 0.3) is 0 Å². The van der Waals surface area contributed by atoms with E-state index in [4.69, 9.17) is 17.3 Å². The first-order valence-electron chi connectivity index (χ1n) is 5.43. The SMILES string of the molecule is NC(CCCC(F)(F)F)Cc1ccc(Cl)cc1. The molecule has 1 aromatic carbocycles. The van der Waals surface area contributed by atoms with Crippen molar-refractivity contribution in [3.63, 3.8) is 0 Å². The Morgan fingerprint density at radius 3 is 2.29 bits per heavy atom. The van der Waals surface area contributed by atoms with Gasteiger partial charge in [-0.1, -0.05) is 23.7 Å². The molecule has 0 amide bonds. The van der Waals surface area contributed by atoms with Crippen molar-refractivity contribution in [3.05, 3.63) is 34.9 Å². The van der Waals surface area contributed by atoms with E-state index in [0.717, 1.165) is 5.56 Å². The standard InChI is InChI=1S/C12H15ClF3N/c13-10-5-3-9(4-6-10)8-11(17)2-1-7-12(14,15)16/h3-6,11H,1-2,7-8,17H2. The molecule has 17 heavy (non-hydrogen) atoms. The van der Waals surface area contributed by atoms with Crippen LogP contribution in [0.25, 0.3) is 0 Å². The van der Waals surface area contributed by atoms with Gasteiger partial charge in [-0.05, 0) is 37.0 Å². The lowest BCUT2D eigenvalue weighted by atomic mass is 10.0. The van der Waals surface area contributed by atoms with Crippen LogP contribution in [-0.2, 0) is 6.42 Å². The highest BCUT2D eigenvalue weighted by atomic mass is 35.5. The quantitative estimate of drug-likeness (QED) is 0.857. The largest absolute Gasteiger partial charge is 0.389 e. The highest BCUT2D eigenvalue weighted by molar-refractivity contribution is 6.30. The molecule has 0 saturated heterocycles. The van der Waals surface area contributed by atoms with E-state index in [0.29, 0.717) is 17.9 Å². The summed E-state index contributed by atoms with van der Waals surface area (Å²) < 4.78 is 35.8. The van der Waals surface area contributed by atoms with Gasteiger partial charge in [0.15, 0.2) is 0 Å². The number of hydrogen-bond donors (Lipinski definition) is 1. The lowest BCUT2D eigenvalue weighted by Gasteiger charge is -2.12. The molecule has 2 N–H and O–H groups in total. The smallest absolute Gasteiger partial charge is 0.327 e. The fourth-order valence-corrected chi connectivity index (χ4v) is 1.72. The van der Waals surface area contributed by atoms with E-state index < -0.39 is 12.6 Å². The van der Waals surface area contributed by atoms with Gasteiger partial charge in [0.2, 0.25) is 0 Å². The van der Waals surface area contributed by atoms with Crippen LogP contribution in [0.2, 0.25) is 5.02 Å². The maximum Gasteiger partial charge on any atom is 0.389 e. The van der Waals surface area contributed by atoms with Gasteiger partial charge in [-0.2, -0.15) is 13.2 Å². The van der Waals surface area contributed by atoms with Crippen molar-refractivity contribution < 1.29 is 13.2 Å². The number of nitrogens with two attached hydrogens (primary N) is 1. The fraction of sp³-hybridized carbons (Fsp3) is 0.500. The summed E-state index contributed by atoms with van der Waals surface area (Å²) in [4.78, 5) is 0. The third kappa shape index (κ3) is 6.54. The van der Waals surface area contributed by atoms with Crippen molar-refractivity contribution >= 4 is 11.6 Å². The molecule has 0 saturated carbocycles. The first kappa shape index (κ1) is 14.3. The summed E-state index contributed by atoms with van der Waals surface area (Å²) in [7, 11) is 0. The molecule has 5 heteroatoms. The fourth-order valence-electron chi connectivity index (χ4n) is 1.59. The molecule has 0 spiro atoms. The van der Waals surface area contributed by atoms with Gasteiger partial charge in [0.1, 0.15) is 0 Å². The molecular weight excluding hydrogens is 251 g/mol. The molecule has 0 heterocycles. The Morgan fingerprint density at radius 1 is 1.18 bits per heavy atom. The molecule has 0 aliphatic rings. The molecule has 0 aliphatic heterocycles. The Morgan fingerprint density at radius 2 is 1.76 bits per heavy atom. The predicted octanol–water partition coefficient (Wildman–Crippen LogP) is 3.94. The maximum absolute atomic E-state index is 11.9. The van der Waals surface area contributed by atoms with Gasteiger partial charge in [0, 0.05) is 17.5 Å². The number of hydrogen-bond acceptors (Lipinski definition) is 1. The minimum atomic E-state index is -4.08. The zero-order valence-electron chi connectivity index (χ0n) is 9.30. The lowest BCUT2D eigenvalue weighted by molar-refractivity contribution is -0.135. The predicted molar refractivity (Wildman–Crippen MR) is 63.0 cm³/mol. The zero-order chi connectivity index (χ0) is 12.9. The summed E-state index contributed by atoms with van der Waals surface area (Å²) in [5, 5.41) is 0.638. The molecule has 1 nitrogen and oxygen atoms in total. The van der Waals surface area contributed by atoms with Gasteiger partial charge in [0.05, 0.1) is 0 Å². The second-order valence-corrected chi connectivity index (χ2v) is 4.53. The molecule has 1 aromatic rings. The average Bonchev–Trinajstić information content (AvgIpc) is 2.19. The topological polar surface area (TPSA) is 26.0 Å². The monoisotopic (exact) mass is 265 g/mol. The summed E-state index contributed by atoms with van der Waals surface area (Å²) in [6.45, 7) is 0. The third-order valence-corrected chi connectivity index (χ3v) is 2.70. The van der Waals surface area contributed by atoms with Crippen molar-refractivity contribution in [2.45, 2.75) is 37.9 Å². The van der Waals surface area contributed by atoms with E-state index in [1.807, 2.05) is 12.1 Å². The molecule has 0 fully saturated rings. The Balaban J connectivity index is 2.30. The van der Waals surface area contributed by atoms with Crippen LogP contribution in [0.1, 0.15) is 24.8 Å². The van der Waals surface area contributed by atoms with Gasteiger partial charge in [-0.15, -0.1) is 0 Å². The number of alkyl halides is 3. The van der Waals surface area contributed by atoms with Gasteiger partial charge < -0.3 is 5.73 Å². The third-order valence-electron chi connectivity index (χ3n) is 2.45. The van der Waals surface area contributed by atoms with Crippen molar-refractivity contribution in [2.24, 2.45) is 5.73 Å². The van der Waals surface area contributed by atoms with Crippen LogP contribution in [0.5, 0.6) is 0 Å². The van der Waals surface area contributed by atoms with Crippen LogP contribution in [0.4, 0.5) is 13.2 Å². The summed E-state index contributed by atoms with van der Waals surface area (Å²) in [6, 6.07) is 6.94. The molecule has 1 atom stereocenters. The molecule has 1 unspecified atom stereocenters. The first-order valence-corrected chi connectivity index (χ1v) is 5.81. The molecule has 1 rings (SSSR count). The van der Waals surface area contributed by atoms with Crippen molar-refractivity contribution in [1.29, 1.82) is 0 Å². The van der Waals surface area contributed by atoms with Gasteiger partial charge >= 0.3 is 6.18 Å². The van der Waals surface area contributed by atoms with Crippen LogP contribution in [-0.4, -0.2) is 12.2 Å². The van der Waals surface area contributed by atoms with E-state index in [9.17, 15) is 13.2 Å². The Bertz CT molecular complexity index is 335. The van der Waals surface area contributed by atoms with E-state index in [1.54, 1.807) is 12.1 Å². The number of benzene rings is 1. The molecule has 0 radical (unpaired) electrons. The summed E-state index contributed by atoms with van der Waals surface area (Å²) in [5.41, 5.74) is 6.77. The minimum Gasteiger partial charge on any atom is -0.327 e. The average molecular weight is 266 g/mol. The molecule has 0 bridgehead atoms. The van der Waals surface area contributed by atoms with E-state index in [1.165, 1.54) is 0 Å². The summed E-state index contributed by atoms with van der Waals surface area (Å²) in [5.74, 6) is 0.